The average Bonchev–Trinajstić information content (AvgIpc) is 2.32. The molecule has 0 aliphatic rings. The molecule has 0 saturated heterocycles. The molecule has 4 nitrogen and oxygen atoms in total. The van der Waals surface area contributed by atoms with E-state index in [0.29, 0.717) is 24.4 Å². The predicted octanol–water partition coefficient (Wildman–Crippen LogP) is 1.69. The van der Waals surface area contributed by atoms with Gasteiger partial charge in [0.05, 0.1) is 0 Å². The van der Waals surface area contributed by atoms with Crippen LogP contribution in [0.1, 0.15) is 22.3 Å². The fourth-order valence-corrected chi connectivity index (χ4v) is 1.54. The van der Waals surface area contributed by atoms with E-state index < -0.39 is 0 Å². The van der Waals surface area contributed by atoms with E-state index in [1.807, 2.05) is 13.0 Å². The number of benzene rings is 1. The number of hydrogen-bond acceptors (Lipinski definition) is 3. The van der Waals surface area contributed by atoms with Gasteiger partial charge in [-0.3, -0.25) is 4.79 Å². The first kappa shape index (κ1) is 13.5. The van der Waals surface area contributed by atoms with E-state index in [-0.39, 0.29) is 5.91 Å². The minimum Gasteiger partial charge on any atom is -0.398 e. The Morgan fingerprint density at radius 3 is 2.76 bits per heavy atom. The Hall–Kier alpha value is -1.55. The molecule has 0 unspecified atom stereocenters. The number of carbonyl (C=O) groups excluding carboxylic acids is 1. The molecule has 1 rings (SSSR count). The zero-order chi connectivity index (χ0) is 12.8. The van der Waals surface area contributed by atoms with Crippen molar-refractivity contribution in [2.75, 3.05) is 33.0 Å². The van der Waals surface area contributed by atoms with E-state index in [9.17, 15) is 4.79 Å². The summed E-state index contributed by atoms with van der Waals surface area (Å²) >= 11 is 0. The Balaban J connectivity index is 2.65. The van der Waals surface area contributed by atoms with Crippen LogP contribution in [0, 0.1) is 6.92 Å². The van der Waals surface area contributed by atoms with Crippen molar-refractivity contribution >= 4 is 11.6 Å². The van der Waals surface area contributed by atoms with Gasteiger partial charge in [-0.1, -0.05) is 6.07 Å². The van der Waals surface area contributed by atoms with Gasteiger partial charge in [-0.05, 0) is 31.0 Å². The normalized spacial score (nSPS) is 10.3. The Bertz CT molecular complexity index is 391. The fraction of sp³-hybridized carbons (Fsp3) is 0.462. The largest absolute Gasteiger partial charge is 0.398 e. The molecule has 4 heteroatoms. The maximum absolute atomic E-state index is 12.0. The topological polar surface area (TPSA) is 55.6 Å². The van der Waals surface area contributed by atoms with Gasteiger partial charge in [-0.2, -0.15) is 0 Å². The van der Waals surface area contributed by atoms with Gasteiger partial charge in [0.1, 0.15) is 0 Å². The molecule has 0 bridgehead atoms. The van der Waals surface area contributed by atoms with Gasteiger partial charge in [-0.25, -0.2) is 0 Å². The molecule has 0 atom stereocenters. The highest BCUT2D eigenvalue weighted by Gasteiger charge is 2.11. The summed E-state index contributed by atoms with van der Waals surface area (Å²) in [6.07, 6.45) is 0.833. The van der Waals surface area contributed by atoms with Crippen LogP contribution in [0.25, 0.3) is 0 Å². The zero-order valence-electron chi connectivity index (χ0n) is 10.7. The third-order valence-electron chi connectivity index (χ3n) is 2.71. The minimum absolute atomic E-state index is 0.00666. The first-order valence-electron chi connectivity index (χ1n) is 5.66. The van der Waals surface area contributed by atoms with E-state index >= 15 is 0 Å². The van der Waals surface area contributed by atoms with Crippen molar-refractivity contribution < 1.29 is 9.53 Å². The van der Waals surface area contributed by atoms with E-state index in [2.05, 4.69) is 0 Å². The van der Waals surface area contributed by atoms with Crippen LogP contribution in [-0.4, -0.2) is 38.1 Å². The third-order valence-corrected chi connectivity index (χ3v) is 2.71. The van der Waals surface area contributed by atoms with Crippen molar-refractivity contribution in [3.8, 4) is 0 Å². The molecule has 0 aliphatic carbocycles. The molecule has 0 fully saturated rings. The number of aryl methyl sites for hydroxylation is 1. The van der Waals surface area contributed by atoms with Crippen molar-refractivity contribution in [2.24, 2.45) is 0 Å². The summed E-state index contributed by atoms with van der Waals surface area (Å²) in [6.45, 7) is 3.26. The summed E-state index contributed by atoms with van der Waals surface area (Å²) in [5.74, 6) is -0.00666. The predicted molar refractivity (Wildman–Crippen MR) is 69.0 cm³/mol. The summed E-state index contributed by atoms with van der Waals surface area (Å²) in [6, 6.07) is 5.40. The minimum atomic E-state index is -0.00666. The summed E-state index contributed by atoms with van der Waals surface area (Å²) in [5, 5.41) is 0. The van der Waals surface area contributed by atoms with Gasteiger partial charge in [0.15, 0.2) is 0 Å². The van der Waals surface area contributed by atoms with Gasteiger partial charge in [0, 0.05) is 38.6 Å². The molecule has 0 aromatic heterocycles. The van der Waals surface area contributed by atoms with Crippen LogP contribution in [0.5, 0.6) is 0 Å². The monoisotopic (exact) mass is 236 g/mol. The van der Waals surface area contributed by atoms with Crippen LogP contribution < -0.4 is 5.73 Å². The number of nitrogens with two attached hydrogens (primary N) is 1. The van der Waals surface area contributed by atoms with E-state index in [4.69, 9.17) is 10.5 Å². The van der Waals surface area contributed by atoms with Crippen LogP contribution in [0.3, 0.4) is 0 Å². The highest BCUT2D eigenvalue weighted by atomic mass is 16.5. The molecule has 94 valence electrons. The lowest BCUT2D eigenvalue weighted by Gasteiger charge is -2.17. The highest BCUT2D eigenvalue weighted by molar-refractivity contribution is 5.95. The van der Waals surface area contributed by atoms with Crippen molar-refractivity contribution in [2.45, 2.75) is 13.3 Å². The van der Waals surface area contributed by atoms with Crippen LogP contribution >= 0.6 is 0 Å². The van der Waals surface area contributed by atoms with Gasteiger partial charge in [0.25, 0.3) is 5.91 Å². The summed E-state index contributed by atoms with van der Waals surface area (Å²) in [4.78, 5) is 13.7. The lowest BCUT2D eigenvalue weighted by Crippen LogP contribution is -2.28. The van der Waals surface area contributed by atoms with E-state index in [0.717, 1.165) is 12.0 Å². The smallest absolute Gasteiger partial charge is 0.253 e. The second-order valence-electron chi connectivity index (χ2n) is 4.14. The number of rotatable bonds is 5. The molecule has 2 N–H and O–H groups in total. The average molecular weight is 236 g/mol. The van der Waals surface area contributed by atoms with E-state index in [1.54, 1.807) is 31.2 Å². The van der Waals surface area contributed by atoms with Gasteiger partial charge in [-0.15, -0.1) is 0 Å². The van der Waals surface area contributed by atoms with Crippen molar-refractivity contribution in [3.63, 3.8) is 0 Å². The number of anilines is 1. The Labute approximate surface area is 102 Å². The number of ether oxygens (including phenoxy) is 1. The number of carbonyl (C=O) groups is 1. The lowest BCUT2D eigenvalue weighted by atomic mass is 10.1. The van der Waals surface area contributed by atoms with Crippen LogP contribution in [0.2, 0.25) is 0 Å². The van der Waals surface area contributed by atoms with Gasteiger partial charge >= 0.3 is 0 Å². The molecule has 0 spiro atoms. The molecular formula is C13H20N2O2. The second kappa shape index (κ2) is 6.25. The SMILES string of the molecule is COCCCN(C)C(=O)c1ccc(C)c(N)c1. The molecule has 0 aliphatic heterocycles. The maximum atomic E-state index is 12.0. The zero-order valence-corrected chi connectivity index (χ0v) is 10.7. The first-order valence-corrected chi connectivity index (χ1v) is 5.66. The lowest BCUT2D eigenvalue weighted by molar-refractivity contribution is 0.0779. The summed E-state index contributed by atoms with van der Waals surface area (Å²) in [7, 11) is 3.44. The van der Waals surface area contributed by atoms with Crippen LogP contribution in [0.15, 0.2) is 18.2 Å². The number of amides is 1. The van der Waals surface area contributed by atoms with Crippen molar-refractivity contribution in [1.82, 2.24) is 4.90 Å². The molecule has 1 aromatic rings. The molecule has 0 radical (unpaired) electrons. The number of nitrogens with zero attached hydrogens (tertiary/aromatic N) is 1. The number of methoxy groups -OCH3 is 1. The standard InChI is InChI=1S/C13H20N2O2/c1-10-5-6-11(9-12(10)14)13(16)15(2)7-4-8-17-3/h5-6,9H,4,7-8,14H2,1-3H3. The van der Waals surface area contributed by atoms with Crippen LogP contribution in [0.4, 0.5) is 5.69 Å². The Kier molecular flexibility index (Phi) is 4.97. The Morgan fingerprint density at radius 2 is 2.18 bits per heavy atom. The first-order chi connectivity index (χ1) is 8.06. The third kappa shape index (κ3) is 3.75. The molecule has 0 saturated carbocycles. The molecular weight excluding hydrogens is 216 g/mol. The van der Waals surface area contributed by atoms with E-state index in [1.165, 1.54) is 0 Å². The van der Waals surface area contributed by atoms with Gasteiger partial charge < -0.3 is 15.4 Å². The maximum Gasteiger partial charge on any atom is 0.253 e. The molecule has 0 heterocycles. The van der Waals surface area contributed by atoms with Crippen LogP contribution in [-0.2, 0) is 4.74 Å². The summed E-state index contributed by atoms with van der Waals surface area (Å²) in [5.41, 5.74) is 8.07. The number of nitrogen functional groups attached to an aromatic ring is 1. The number of hydrogen-bond donors (Lipinski definition) is 1. The van der Waals surface area contributed by atoms with Gasteiger partial charge in [0.2, 0.25) is 0 Å². The highest BCUT2D eigenvalue weighted by Crippen LogP contribution is 2.14. The molecule has 1 amide bonds. The molecule has 17 heavy (non-hydrogen) atoms. The Morgan fingerprint density at radius 1 is 1.47 bits per heavy atom. The van der Waals surface area contributed by atoms with Crippen molar-refractivity contribution in [3.05, 3.63) is 29.3 Å². The quantitative estimate of drug-likeness (QED) is 0.625. The molecule has 1 aromatic carbocycles. The fourth-order valence-electron chi connectivity index (χ4n) is 1.54. The van der Waals surface area contributed by atoms with Crippen molar-refractivity contribution in [1.29, 1.82) is 0 Å². The summed E-state index contributed by atoms with van der Waals surface area (Å²) < 4.78 is 4.95. The second-order valence-corrected chi connectivity index (χ2v) is 4.14.